The van der Waals surface area contributed by atoms with Gasteiger partial charge in [-0.05, 0) is 60.2 Å². The number of benzene rings is 3. The summed E-state index contributed by atoms with van der Waals surface area (Å²) < 4.78 is 42.7. The molecule has 4 aromatic rings. The van der Waals surface area contributed by atoms with Crippen molar-refractivity contribution in [3.63, 3.8) is 0 Å². The molecule has 184 valence electrons. The Morgan fingerprint density at radius 1 is 1.00 bits per heavy atom. The standard InChI is InChI=1S/C26H23F2N5O2S/c27-21-9-6-19(7-10-21)17-29-33-25(30-32(26(33)36)18-31-12-14-34-15-13-31)20-8-11-23(28)24(16-20)35-22-4-2-1-3-5-22/h1-11,16-17H,12-15,18H2/b29-17+. The predicted octanol–water partition coefficient (Wildman–Crippen LogP) is 5.32. The van der Waals surface area contributed by atoms with E-state index in [1.807, 2.05) is 18.2 Å². The Morgan fingerprint density at radius 2 is 1.75 bits per heavy atom. The summed E-state index contributed by atoms with van der Waals surface area (Å²) >= 11 is 5.71. The van der Waals surface area contributed by atoms with Gasteiger partial charge < -0.3 is 9.47 Å². The van der Waals surface area contributed by atoms with Crippen molar-refractivity contribution in [1.82, 2.24) is 19.4 Å². The highest BCUT2D eigenvalue weighted by molar-refractivity contribution is 7.71. The first-order valence-corrected chi connectivity index (χ1v) is 11.8. The molecule has 2 heterocycles. The van der Waals surface area contributed by atoms with Gasteiger partial charge in [0.1, 0.15) is 11.6 Å². The molecule has 0 atom stereocenters. The van der Waals surface area contributed by atoms with Crippen LogP contribution in [0.25, 0.3) is 11.4 Å². The molecule has 0 aliphatic carbocycles. The van der Waals surface area contributed by atoms with Crippen molar-refractivity contribution in [1.29, 1.82) is 0 Å². The lowest BCUT2D eigenvalue weighted by atomic mass is 10.2. The lowest BCUT2D eigenvalue weighted by Gasteiger charge is -2.25. The SMILES string of the molecule is Fc1ccc(/C=N/n2c(-c3ccc(F)c(Oc4ccccc4)c3)nn(CN3CCOCC3)c2=S)cc1. The van der Waals surface area contributed by atoms with E-state index in [4.69, 9.17) is 26.8 Å². The third-order valence-electron chi connectivity index (χ3n) is 5.61. The molecular formula is C26H23F2N5O2S. The average molecular weight is 508 g/mol. The van der Waals surface area contributed by atoms with Gasteiger partial charge in [-0.3, -0.25) is 4.90 Å². The number of hydrogen-bond acceptors (Lipinski definition) is 6. The maximum absolute atomic E-state index is 14.6. The van der Waals surface area contributed by atoms with Crippen LogP contribution in [0, 0.1) is 16.4 Å². The zero-order chi connectivity index (χ0) is 24.9. The highest BCUT2D eigenvalue weighted by Gasteiger charge is 2.18. The largest absolute Gasteiger partial charge is 0.454 e. The van der Waals surface area contributed by atoms with Crippen LogP contribution < -0.4 is 4.74 Å². The van der Waals surface area contributed by atoms with E-state index in [0.717, 1.165) is 13.1 Å². The Bertz CT molecular complexity index is 1410. The van der Waals surface area contributed by atoms with Gasteiger partial charge in [0.2, 0.25) is 4.77 Å². The van der Waals surface area contributed by atoms with Crippen LogP contribution in [0.1, 0.15) is 5.56 Å². The molecule has 7 nitrogen and oxygen atoms in total. The van der Waals surface area contributed by atoms with Crippen molar-refractivity contribution >= 4 is 18.4 Å². The zero-order valence-electron chi connectivity index (χ0n) is 19.3. The number of para-hydroxylation sites is 1. The highest BCUT2D eigenvalue weighted by atomic mass is 32.1. The molecule has 5 rings (SSSR count). The molecule has 1 aliphatic heterocycles. The van der Waals surface area contributed by atoms with Crippen LogP contribution >= 0.6 is 12.2 Å². The maximum Gasteiger partial charge on any atom is 0.220 e. The monoisotopic (exact) mass is 507 g/mol. The van der Waals surface area contributed by atoms with Crippen LogP contribution in [0.15, 0.2) is 77.9 Å². The van der Waals surface area contributed by atoms with Crippen LogP contribution in [0.5, 0.6) is 11.5 Å². The topological polar surface area (TPSA) is 56.8 Å². The Balaban J connectivity index is 1.53. The number of nitrogens with zero attached hydrogens (tertiary/aromatic N) is 5. The van der Waals surface area contributed by atoms with E-state index in [1.54, 1.807) is 47.3 Å². The van der Waals surface area contributed by atoms with Gasteiger partial charge in [0.05, 0.1) is 26.1 Å². The van der Waals surface area contributed by atoms with Crippen molar-refractivity contribution in [3.05, 3.63) is 94.8 Å². The average Bonchev–Trinajstić information content (AvgIpc) is 3.21. The van der Waals surface area contributed by atoms with E-state index >= 15 is 0 Å². The van der Waals surface area contributed by atoms with Crippen LogP contribution in [0.3, 0.4) is 0 Å². The number of hydrogen-bond donors (Lipinski definition) is 0. The van der Waals surface area contributed by atoms with E-state index < -0.39 is 5.82 Å². The minimum atomic E-state index is -0.504. The third kappa shape index (κ3) is 5.56. The Labute approximate surface area is 211 Å². The molecule has 1 fully saturated rings. The van der Waals surface area contributed by atoms with Gasteiger partial charge in [0.25, 0.3) is 0 Å². The molecule has 3 aromatic carbocycles. The van der Waals surface area contributed by atoms with E-state index in [-0.39, 0.29) is 11.6 Å². The number of morpholine rings is 1. The minimum Gasteiger partial charge on any atom is -0.454 e. The van der Waals surface area contributed by atoms with Gasteiger partial charge in [-0.15, -0.1) is 5.10 Å². The summed E-state index contributed by atoms with van der Waals surface area (Å²) in [4.78, 5) is 2.18. The van der Waals surface area contributed by atoms with Gasteiger partial charge >= 0.3 is 0 Å². The summed E-state index contributed by atoms with van der Waals surface area (Å²) in [5.41, 5.74) is 1.27. The van der Waals surface area contributed by atoms with Gasteiger partial charge in [-0.1, -0.05) is 30.3 Å². The summed E-state index contributed by atoms with van der Waals surface area (Å²) in [5.74, 6) is 0.152. The Morgan fingerprint density at radius 3 is 2.50 bits per heavy atom. The highest BCUT2D eigenvalue weighted by Crippen LogP contribution is 2.29. The molecule has 1 aliphatic rings. The summed E-state index contributed by atoms with van der Waals surface area (Å²) in [5, 5.41) is 9.26. The molecule has 1 saturated heterocycles. The molecular weight excluding hydrogens is 484 g/mol. The fraction of sp³-hybridized carbons (Fsp3) is 0.192. The number of aromatic nitrogens is 3. The maximum atomic E-state index is 14.6. The van der Waals surface area contributed by atoms with Crippen LogP contribution in [-0.4, -0.2) is 51.9 Å². The fourth-order valence-corrected chi connectivity index (χ4v) is 3.95. The van der Waals surface area contributed by atoms with E-state index in [0.29, 0.717) is 47.4 Å². The molecule has 0 bridgehead atoms. The lowest BCUT2D eigenvalue weighted by Crippen LogP contribution is -2.37. The van der Waals surface area contributed by atoms with Crippen molar-refractivity contribution in [2.24, 2.45) is 5.10 Å². The second-order valence-electron chi connectivity index (χ2n) is 8.15. The minimum absolute atomic E-state index is 0.0569. The summed E-state index contributed by atoms with van der Waals surface area (Å²) in [7, 11) is 0. The van der Waals surface area contributed by atoms with Gasteiger partial charge in [-0.2, -0.15) is 9.78 Å². The van der Waals surface area contributed by atoms with Crippen molar-refractivity contribution in [2.75, 3.05) is 26.3 Å². The molecule has 36 heavy (non-hydrogen) atoms. The molecule has 0 radical (unpaired) electrons. The third-order valence-corrected chi connectivity index (χ3v) is 5.99. The molecule has 0 amide bonds. The normalized spacial score (nSPS) is 14.4. The van der Waals surface area contributed by atoms with E-state index in [9.17, 15) is 8.78 Å². The first-order valence-electron chi connectivity index (χ1n) is 11.4. The van der Waals surface area contributed by atoms with E-state index in [1.165, 1.54) is 22.9 Å². The number of ether oxygens (including phenoxy) is 2. The van der Waals surface area contributed by atoms with Crippen LogP contribution in [-0.2, 0) is 11.4 Å². The first-order chi connectivity index (χ1) is 17.6. The first kappa shape index (κ1) is 24.0. The van der Waals surface area contributed by atoms with Crippen molar-refractivity contribution in [3.8, 4) is 22.9 Å². The number of halogens is 2. The van der Waals surface area contributed by atoms with Gasteiger partial charge in [0.15, 0.2) is 17.4 Å². The second kappa shape index (κ2) is 10.9. The van der Waals surface area contributed by atoms with Gasteiger partial charge in [0, 0.05) is 18.7 Å². The molecule has 0 spiro atoms. The second-order valence-corrected chi connectivity index (χ2v) is 8.51. The zero-order valence-corrected chi connectivity index (χ0v) is 20.1. The molecule has 0 N–H and O–H groups in total. The number of rotatable bonds is 7. The predicted molar refractivity (Wildman–Crippen MR) is 135 cm³/mol. The van der Waals surface area contributed by atoms with Crippen LogP contribution in [0.4, 0.5) is 8.78 Å². The molecule has 0 saturated carbocycles. The van der Waals surface area contributed by atoms with Crippen molar-refractivity contribution in [2.45, 2.75) is 6.67 Å². The fourth-order valence-electron chi connectivity index (χ4n) is 3.72. The van der Waals surface area contributed by atoms with Gasteiger partial charge in [-0.25, -0.2) is 13.5 Å². The quantitative estimate of drug-likeness (QED) is 0.250. The van der Waals surface area contributed by atoms with Crippen LogP contribution in [0.2, 0.25) is 0 Å². The summed E-state index contributed by atoms with van der Waals surface area (Å²) in [6, 6.07) is 19.4. The smallest absolute Gasteiger partial charge is 0.220 e. The Hall–Kier alpha value is -3.73. The Kier molecular flexibility index (Phi) is 7.26. The van der Waals surface area contributed by atoms with E-state index in [2.05, 4.69) is 10.0 Å². The van der Waals surface area contributed by atoms with Crippen molar-refractivity contribution < 1.29 is 18.3 Å². The summed E-state index contributed by atoms with van der Waals surface area (Å²) in [6.07, 6.45) is 1.57. The summed E-state index contributed by atoms with van der Waals surface area (Å²) in [6.45, 7) is 3.26. The molecule has 1 aromatic heterocycles. The lowest BCUT2D eigenvalue weighted by molar-refractivity contribution is 0.0210. The molecule has 0 unspecified atom stereocenters. The molecule has 10 heteroatoms.